The highest BCUT2D eigenvalue weighted by atomic mass is 35.5. The van der Waals surface area contributed by atoms with Crippen LogP contribution < -0.4 is 4.74 Å². The summed E-state index contributed by atoms with van der Waals surface area (Å²) in [4.78, 5) is 0. The van der Waals surface area contributed by atoms with Gasteiger partial charge in [0.15, 0.2) is 0 Å². The minimum atomic E-state index is 0.168. The van der Waals surface area contributed by atoms with Gasteiger partial charge in [0.2, 0.25) is 5.90 Å². The number of halogens is 1. The Balaban J connectivity index is 2.53. The van der Waals surface area contributed by atoms with Gasteiger partial charge in [0.05, 0.1) is 12.5 Å². The van der Waals surface area contributed by atoms with Crippen LogP contribution in [0.5, 0.6) is 5.75 Å². The van der Waals surface area contributed by atoms with Crippen LogP contribution in [0.1, 0.15) is 12.5 Å². The molecular formula is C13H14ClNO2. The summed E-state index contributed by atoms with van der Waals surface area (Å²) in [7, 11) is 0. The average molecular weight is 252 g/mol. The van der Waals surface area contributed by atoms with Gasteiger partial charge >= 0.3 is 0 Å². The Morgan fingerprint density at radius 1 is 1.29 bits per heavy atom. The van der Waals surface area contributed by atoms with E-state index in [2.05, 4.69) is 11.8 Å². The normalized spacial score (nSPS) is 9.06. The molecule has 1 aromatic rings. The first-order valence-corrected chi connectivity index (χ1v) is 5.77. The van der Waals surface area contributed by atoms with Crippen molar-refractivity contribution in [1.29, 1.82) is 5.41 Å². The third-order valence-corrected chi connectivity index (χ3v) is 2.04. The molecule has 0 unspecified atom stereocenters. The van der Waals surface area contributed by atoms with Crippen molar-refractivity contribution >= 4 is 17.5 Å². The van der Waals surface area contributed by atoms with E-state index < -0.39 is 0 Å². The number of ether oxygens (including phenoxy) is 2. The monoisotopic (exact) mass is 251 g/mol. The van der Waals surface area contributed by atoms with Crippen LogP contribution in [0.3, 0.4) is 0 Å². The van der Waals surface area contributed by atoms with Crippen molar-refractivity contribution in [2.24, 2.45) is 0 Å². The fraction of sp³-hybridized carbons (Fsp3) is 0.308. The molecule has 3 nitrogen and oxygen atoms in total. The van der Waals surface area contributed by atoms with E-state index in [4.69, 9.17) is 26.5 Å². The Labute approximate surface area is 106 Å². The van der Waals surface area contributed by atoms with Crippen LogP contribution >= 0.6 is 11.6 Å². The minimum absolute atomic E-state index is 0.168. The molecule has 0 saturated heterocycles. The molecule has 0 aliphatic carbocycles. The van der Waals surface area contributed by atoms with Crippen molar-refractivity contribution in [3.63, 3.8) is 0 Å². The lowest BCUT2D eigenvalue weighted by Gasteiger charge is -2.06. The quantitative estimate of drug-likeness (QED) is 0.387. The number of hydrogen-bond donors (Lipinski definition) is 1. The van der Waals surface area contributed by atoms with E-state index in [9.17, 15) is 0 Å². The van der Waals surface area contributed by atoms with Crippen LogP contribution in [0.2, 0.25) is 0 Å². The van der Waals surface area contributed by atoms with Gasteiger partial charge in [-0.05, 0) is 31.2 Å². The number of alkyl halides is 1. The van der Waals surface area contributed by atoms with Crippen molar-refractivity contribution in [3.05, 3.63) is 29.8 Å². The van der Waals surface area contributed by atoms with E-state index >= 15 is 0 Å². The molecular weight excluding hydrogens is 238 g/mol. The van der Waals surface area contributed by atoms with Gasteiger partial charge in [-0.25, -0.2) is 0 Å². The summed E-state index contributed by atoms with van der Waals surface area (Å²) in [6.45, 7) is 2.65. The maximum Gasteiger partial charge on any atom is 0.213 e. The Kier molecular flexibility index (Phi) is 5.98. The van der Waals surface area contributed by atoms with Crippen molar-refractivity contribution in [3.8, 4) is 17.6 Å². The molecule has 17 heavy (non-hydrogen) atoms. The second-order valence-electron chi connectivity index (χ2n) is 3.06. The number of hydrogen-bond acceptors (Lipinski definition) is 3. The maximum absolute atomic E-state index is 7.59. The Morgan fingerprint density at radius 3 is 2.59 bits per heavy atom. The first-order valence-electron chi connectivity index (χ1n) is 5.24. The van der Waals surface area contributed by atoms with Crippen molar-refractivity contribution in [2.75, 3.05) is 19.1 Å². The zero-order valence-corrected chi connectivity index (χ0v) is 10.4. The summed E-state index contributed by atoms with van der Waals surface area (Å²) < 4.78 is 10.4. The number of nitrogens with one attached hydrogen (secondary N) is 1. The average Bonchev–Trinajstić information content (AvgIpc) is 2.36. The molecule has 0 heterocycles. The molecule has 0 amide bonds. The predicted octanol–water partition coefficient (Wildman–Crippen LogP) is 2.67. The number of benzene rings is 1. The highest BCUT2D eigenvalue weighted by molar-refractivity contribution is 6.19. The van der Waals surface area contributed by atoms with E-state index in [0.29, 0.717) is 24.8 Å². The summed E-state index contributed by atoms with van der Waals surface area (Å²) in [5.41, 5.74) is 0.728. The third kappa shape index (κ3) is 4.80. The Hall–Kier alpha value is -1.66. The van der Waals surface area contributed by atoms with E-state index in [1.165, 1.54) is 0 Å². The molecule has 0 saturated carbocycles. The van der Waals surface area contributed by atoms with Crippen LogP contribution in [0.4, 0.5) is 0 Å². The minimum Gasteiger partial charge on any atom is -0.481 e. The van der Waals surface area contributed by atoms with Crippen LogP contribution in [-0.2, 0) is 4.74 Å². The van der Waals surface area contributed by atoms with Crippen LogP contribution in [0, 0.1) is 17.3 Å². The highest BCUT2D eigenvalue weighted by Crippen LogP contribution is 2.12. The second kappa shape index (κ2) is 7.59. The Bertz CT molecular complexity index is 417. The lowest BCUT2D eigenvalue weighted by molar-refractivity contribution is 0.325. The maximum atomic E-state index is 7.59. The molecule has 0 spiro atoms. The summed E-state index contributed by atoms with van der Waals surface area (Å²) in [6, 6.07) is 7.13. The van der Waals surface area contributed by atoms with Crippen molar-refractivity contribution in [2.45, 2.75) is 6.92 Å². The topological polar surface area (TPSA) is 42.3 Å². The van der Waals surface area contributed by atoms with Gasteiger partial charge in [0.25, 0.3) is 0 Å². The molecule has 0 fully saturated rings. The predicted molar refractivity (Wildman–Crippen MR) is 68.9 cm³/mol. The molecule has 0 aliphatic heterocycles. The molecule has 1 aromatic carbocycles. The molecule has 4 heteroatoms. The largest absolute Gasteiger partial charge is 0.481 e. The summed E-state index contributed by atoms with van der Waals surface area (Å²) in [5, 5.41) is 7.59. The first kappa shape index (κ1) is 13.4. The van der Waals surface area contributed by atoms with Gasteiger partial charge in [-0.2, -0.15) is 0 Å². The van der Waals surface area contributed by atoms with Crippen LogP contribution in [0.15, 0.2) is 24.3 Å². The van der Waals surface area contributed by atoms with E-state index in [1.807, 2.05) is 6.92 Å². The van der Waals surface area contributed by atoms with Gasteiger partial charge in [-0.1, -0.05) is 11.8 Å². The molecule has 0 aromatic heterocycles. The van der Waals surface area contributed by atoms with E-state index in [-0.39, 0.29) is 5.90 Å². The summed E-state index contributed by atoms with van der Waals surface area (Å²) in [5.74, 6) is 6.66. The number of rotatable bonds is 4. The molecule has 1 rings (SSSR count). The molecule has 0 bridgehead atoms. The molecule has 0 radical (unpaired) electrons. The molecule has 0 atom stereocenters. The fourth-order valence-electron chi connectivity index (χ4n) is 1.15. The third-order valence-electron chi connectivity index (χ3n) is 1.91. The van der Waals surface area contributed by atoms with Gasteiger partial charge in [0, 0.05) is 5.56 Å². The van der Waals surface area contributed by atoms with E-state index in [1.54, 1.807) is 24.3 Å². The molecule has 90 valence electrons. The van der Waals surface area contributed by atoms with Gasteiger partial charge in [-0.15, -0.1) is 11.6 Å². The molecule has 1 N–H and O–H groups in total. The van der Waals surface area contributed by atoms with Crippen LogP contribution in [0.25, 0.3) is 0 Å². The first-order chi connectivity index (χ1) is 8.27. The lowest BCUT2D eigenvalue weighted by Crippen LogP contribution is -2.04. The van der Waals surface area contributed by atoms with Crippen molar-refractivity contribution in [1.82, 2.24) is 0 Å². The second-order valence-corrected chi connectivity index (χ2v) is 3.33. The van der Waals surface area contributed by atoms with Gasteiger partial charge in [-0.3, -0.25) is 5.41 Å². The molecule has 0 aliphatic rings. The van der Waals surface area contributed by atoms with Gasteiger partial charge < -0.3 is 9.47 Å². The SMILES string of the molecule is CCOC(=N)c1ccc(OCC#CCCl)cc1. The summed E-state index contributed by atoms with van der Waals surface area (Å²) >= 11 is 5.40. The zero-order chi connectivity index (χ0) is 12.5. The van der Waals surface area contributed by atoms with Crippen LogP contribution in [-0.4, -0.2) is 25.0 Å². The zero-order valence-electron chi connectivity index (χ0n) is 9.63. The standard InChI is InChI=1S/C13H14ClNO2/c1-2-16-13(15)11-5-7-12(8-6-11)17-10-4-3-9-14/h5-8,15H,2,9-10H2,1H3. The van der Waals surface area contributed by atoms with Gasteiger partial charge in [0.1, 0.15) is 12.4 Å². The fourth-order valence-corrected chi connectivity index (χ4v) is 1.24. The smallest absolute Gasteiger partial charge is 0.213 e. The van der Waals surface area contributed by atoms with E-state index in [0.717, 1.165) is 5.56 Å². The Morgan fingerprint density at radius 2 is 2.00 bits per heavy atom. The van der Waals surface area contributed by atoms with Crippen molar-refractivity contribution < 1.29 is 9.47 Å². The lowest BCUT2D eigenvalue weighted by atomic mass is 10.2. The highest BCUT2D eigenvalue weighted by Gasteiger charge is 2.01. The summed E-state index contributed by atoms with van der Waals surface area (Å²) in [6.07, 6.45) is 0.